The van der Waals surface area contributed by atoms with E-state index in [0.717, 1.165) is 7.11 Å². The Morgan fingerprint density at radius 1 is 1.47 bits per heavy atom. The van der Waals surface area contributed by atoms with Crippen LogP contribution in [0.25, 0.3) is 0 Å². The number of alkyl halides is 3. The van der Waals surface area contributed by atoms with Crippen LogP contribution in [-0.2, 0) is 10.9 Å². The van der Waals surface area contributed by atoms with Crippen molar-refractivity contribution in [1.82, 2.24) is 0 Å². The molecular weight excluding hydrogens is 269 g/mol. The largest absolute Gasteiger partial charge is 0.465 e. The molecule has 0 aliphatic rings. The highest BCUT2D eigenvalue weighted by Crippen LogP contribution is 2.36. The summed E-state index contributed by atoms with van der Waals surface area (Å²) < 4.78 is 42.0. The van der Waals surface area contributed by atoms with Crippen molar-refractivity contribution in [3.05, 3.63) is 38.9 Å². The summed E-state index contributed by atoms with van der Waals surface area (Å²) in [4.78, 5) is 20.8. The van der Waals surface area contributed by atoms with Crippen molar-refractivity contribution in [2.24, 2.45) is 0 Å². The Kier molecular flexibility index (Phi) is 3.75. The first-order valence-corrected chi connectivity index (χ1v) is 4.60. The number of rotatable bonds is 2. The van der Waals surface area contributed by atoms with Gasteiger partial charge in [-0.2, -0.15) is 18.4 Å². The second-order valence-electron chi connectivity index (χ2n) is 3.27. The van der Waals surface area contributed by atoms with Crippen molar-refractivity contribution >= 4 is 11.7 Å². The average molecular weight is 274 g/mol. The van der Waals surface area contributed by atoms with Crippen molar-refractivity contribution < 1.29 is 27.6 Å². The normalized spacial score (nSPS) is 10.7. The van der Waals surface area contributed by atoms with E-state index in [4.69, 9.17) is 5.26 Å². The zero-order chi connectivity index (χ0) is 14.8. The quantitative estimate of drug-likeness (QED) is 0.468. The molecular formula is C10H5F3N2O4. The van der Waals surface area contributed by atoms with Crippen LogP contribution in [0.1, 0.15) is 21.5 Å². The van der Waals surface area contributed by atoms with Gasteiger partial charge in [-0.05, 0) is 6.07 Å². The van der Waals surface area contributed by atoms with Gasteiger partial charge in [0.05, 0.1) is 29.2 Å². The van der Waals surface area contributed by atoms with Gasteiger partial charge in [0, 0.05) is 6.07 Å². The third-order valence-corrected chi connectivity index (χ3v) is 2.16. The van der Waals surface area contributed by atoms with Crippen LogP contribution < -0.4 is 0 Å². The number of ether oxygens (including phenoxy) is 1. The Bertz CT molecular complexity index is 590. The fourth-order valence-corrected chi connectivity index (χ4v) is 1.34. The molecule has 0 amide bonds. The Labute approximate surface area is 104 Å². The number of benzene rings is 1. The van der Waals surface area contributed by atoms with Crippen molar-refractivity contribution in [3.8, 4) is 6.07 Å². The number of methoxy groups -OCH3 is 1. The molecule has 0 radical (unpaired) electrons. The van der Waals surface area contributed by atoms with Gasteiger partial charge >= 0.3 is 12.1 Å². The lowest BCUT2D eigenvalue weighted by Crippen LogP contribution is -2.12. The summed E-state index contributed by atoms with van der Waals surface area (Å²) in [5.41, 5.74) is -4.15. The highest BCUT2D eigenvalue weighted by atomic mass is 19.4. The summed E-state index contributed by atoms with van der Waals surface area (Å²) in [6.45, 7) is 0. The van der Waals surface area contributed by atoms with Gasteiger partial charge in [-0.1, -0.05) is 0 Å². The maximum atomic E-state index is 12.6. The van der Waals surface area contributed by atoms with Gasteiger partial charge in [0.25, 0.3) is 5.69 Å². The van der Waals surface area contributed by atoms with Crippen LogP contribution in [0.4, 0.5) is 18.9 Å². The van der Waals surface area contributed by atoms with Crippen LogP contribution in [-0.4, -0.2) is 18.0 Å². The van der Waals surface area contributed by atoms with Gasteiger partial charge in [-0.3, -0.25) is 10.1 Å². The zero-order valence-corrected chi connectivity index (χ0v) is 9.32. The molecule has 1 aromatic carbocycles. The van der Waals surface area contributed by atoms with Crippen LogP contribution in [0.15, 0.2) is 12.1 Å². The van der Waals surface area contributed by atoms with Crippen LogP contribution in [0.3, 0.4) is 0 Å². The van der Waals surface area contributed by atoms with Crippen molar-refractivity contribution in [1.29, 1.82) is 5.26 Å². The molecule has 9 heteroatoms. The molecule has 0 fully saturated rings. The van der Waals surface area contributed by atoms with E-state index in [1.807, 2.05) is 0 Å². The van der Waals surface area contributed by atoms with E-state index < -0.39 is 39.4 Å². The number of esters is 1. The lowest BCUT2D eigenvalue weighted by Gasteiger charge is -2.10. The highest BCUT2D eigenvalue weighted by molar-refractivity contribution is 5.94. The third kappa shape index (κ3) is 2.79. The van der Waals surface area contributed by atoms with E-state index in [-0.39, 0.29) is 6.07 Å². The molecule has 100 valence electrons. The Morgan fingerprint density at radius 2 is 2.05 bits per heavy atom. The minimum Gasteiger partial charge on any atom is -0.465 e. The summed E-state index contributed by atoms with van der Waals surface area (Å²) >= 11 is 0. The molecule has 1 rings (SSSR count). The molecule has 1 aromatic rings. The number of nitrogens with zero attached hydrogens (tertiary/aromatic N) is 2. The molecule has 0 saturated carbocycles. The third-order valence-electron chi connectivity index (χ3n) is 2.16. The Morgan fingerprint density at radius 3 is 2.42 bits per heavy atom. The van der Waals surface area contributed by atoms with E-state index >= 15 is 0 Å². The maximum Gasteiger partial charge on any atom is 0.417 e. The Balaban J connectivity index is 3.67. The monoisotopic (exact) mass is 274 g/mol. The molecule has 0 saturated heterocycles. The zero-order valence-electron chi connectivity index (χ0n) is 9.32. The summed E-state index contributed by atoms with van der Waals surface area (Å²) in [5.74, 6) is -1.20. The van der Waals surface area contributed by atoms with Gasteiger partial charge in [-0.25, -0.2) is 4.79 Å². The van der Waals surface area contributed by atoms with Crippen LogP contribution in [0, 0.1) is 21.4 Å². The van der Waals surface area contributed by atoms with Gasteiger partial charge < -0.3 is 4.74 Å². The van der Waals surface area contributed by atoms with Gasteiger partial charge in [0.1, 0.15) is 5.56 Å². The topological polar surface area (TPSA) is 93.2 Å². The van der Waals surface area contributed by atoms with E-state index in [1.54, 1.807) is 0 Å². The SMILES string of the molecule is COC(=O)c1cc(C#N)c(C(F)(F)F)cc1[N+](=O)[O-]. The minimum atomic E-state index is -4.94. The van der Waals surface area contributed by atoms with Gasteiger partial charge in [0.2, 0.25) is 0 Å². The van der Waals surface area contributed by atoms with E-state index in [0.29, 0.717) is 6.07 Å². The number of hydrogen-bond acceptors (Lipinski definition) is 5. The molecule has 0 aliphatic heterocycles. The number of halogens is 3. The number of nitro benzene ring substituents is 1. The van der Waals surface area contributed by atoms with E-state index in [9.17, 15) is 28.1 Å². The lowest BCUT2D eigenvalue weighted by molar-refractivity contribution is -0.385. The van der Waals surface area contributed by atoms with E-state index in [2.05, 4.69) is 4.74 Å². The second-order valence-corrected chi connectivity index (χ2v) is 3.27. The number of carbonyl (C=O) groups is 1. The first kappa shape index (κ1) is 14.4. The van der Waals surface area contributed by atoms with Gasteiger partial charge in [0.15, 0.2) is 0 Å². The van der Waals surface area contributed by atoms with Crippen LogP contribution in [0.2, 0.25) is 0 Å². The fourth-order valence-electron chi connectivity index (χ4n) is 1.34. The first-order chi connectivity index (χ1) is 8.72. The summed E-state index contributed by atoms with van der Waals surface area (Å²) in [6, 6.07) is 1.87. The molecule has 0 unspecified atom stereocenters. The first-order valence-electron chi connectivity index (χ1n) is 4.60. The molecule has 0 aliphatic carbocycles. The molecule has 0 aromatic heterocycles. The highest BCUT2D eigenvalue weighted by Gasteiger charge is 2.37. The lowest BCUT2D eigenvalue weighted by atomic mass is 10.0. The maximum absolute atomic E-state index is 12.6. The predicted octanol–water partition coefficient (Wildman–Crippen LogP) is 2.27. The second kappa shape index (κ2) is 4.93. The van der Waals surface area contributed by atoms with Crippen molar-refractivity contribution in [2.75, 3.05) is 7.11 Å². The average Bonchev–Trinajstić information content (AvgIpc) is 2.34. The summed E-state index contributed by atoms with van der Waals surface area (Å²) in [7, 11) is 0.912. The van der Waals surface area contributed by atoms with Gasteiger partial charge in [-0.15, -0.1) is 0 Å². The predicted molar refractivity (Wildman–Crippen MR) is 54.2 cm³/mol. The molecule has 0 spiro atoms. The molecule has 0 heterocycles. The Hall–Kier alpha value is -2.63. The number of hydrogen-bond donors (Lipinski definition) is 0. The number of nitro groups is 1. The molecule has 19 heavy (non-hydrogen) atoms. The molecule has 0 atom stereocenters. The molecule has 0 bridgehead atoms. The standard InChI is InChI=1S/C10H5F3N2O4/c1-19-9(16)6-2-5(4-14)7(10(11,12)13)3-8(6)15(17)18/h2-3H,1H3. The smallest absolute Gasteiger partial charge is 0.417 e. The van der Waals surface area contributed by atoms with Crippen LogP contribution >= 0.6 is 0 Å². The molecule has 0 N–H and O–H groups in total. The fraction of sp³-hybridized carbons (Fsp3) is 0.200. The van der Waals surface area contributed by atoms with Crippen molar-refractivity contribution in [2.45, 2.75) is 6.18 Å². The van der Waals surface area contributed by atoms with Crippen molar-refractivity contribution in [3.63, 3.8) is 0 Å². The van der Waals surface area contributed by atoms with E-state index in [1.165, 1.54) is 6.07 Å². The summed E-state index contributed by atoms with van der Waals surface area (Å²) in [6.07, 6.45) is -4.94. The summed E-state index contributed by atoms with van der Waals surface area (Å²) in [5, 5.41) is 19.3. The minimum absolute atomic E-state index is 0.144. The van der Waals surface area contributed by atoms with Crippen LogP contribution in [0.5, 0.6) is 0 Å². The number of nitriles is 1. The number of carbonyl (C=O) groups excluding carboxylic acids is 1. The molecule has 6 nitrogen and oxygen atoms in total.